The molecule has 1 saturated heterocycles. The van der Waals surface area contributed by atoms with Crippen LogP contribution >= 0.6 is 24.0 Å². The van der Waals surface area contributed by atoms with Gasteiger partial charge >= 0.3 is 0 Å². The lowest BCUT2D eigenvalue weighted by atomic mass is 10.0. The third kappa shape index (κ3) is 9.19. The maximum absolute atomic E-state index is 5.49. The minimum Gasteiger partial charge on any atom is -0.379 e. The van der Waals surface area contributed by atoms with Gasteiger partial charge in [0.15, 0.2) is 5.96 Å². The van der Waals surface area contributed by atoms with Crippen LogP contribution in [0.4, 0.5) is 0 Å². The van der Waals surface area contributed by atoms with Gasteiger partial charge in [-0.2, -0.15) is 0 Å². The Bertz CT molecular complexity index is 617. The lowest BCUT2D eigenvalue weighted by Crippen LogP contribution is -2.56. The zero-order valence-corrected chi connectivity index (χ0v) is 21.2. The lowest BCUT2D eigenvalue weighted by Gasteiger charge is -2.41. The minimum absolute atomic E-state index is 0. The molecule has 166 valence electrons. The van der Waals surface area contributed by atoms with E-state index in [-0.39, 0.29) is 29.5 Å². The summed E-state index contributed by atoms with van der Waals surface area (Å²) in [6.45, 7) is 16.9. The molecule has 0 unspecified atom stereocenters. The van der Waals surface area contributed by atoms with Crippen molar-refractivity contribution in [1.29, 1.82) is 0 Å². The number of hydrogen-bond donors (Lipinski definition) is 2. The van der Waals surface area contributed by atoms with Crippen molar-refractivity contribution < 1.29 is 4.74 Å². The van der Waals surface area contributed by atoms with Crippen LogP contribution in [0.25, 0.3) is 0 Å². The molecular weight excluding hydrogens is 477 g/mol. The number of rotatable bonds is 9. The second kappa shape index (κ2) is 13.4. The van der Waals surface area contributed by atoms with Gasteiger partial charge in [0.2, 0.25) is 0 Å². The molecule has 1 aliphatic heterocycles. The molecule has 0 spiro atoms. The summed E-state index contributed by atoms with van der Waals surface area (Å²) in [6, 6.07) is 8.73. The van der Waals surface area contributed by atoms with Gasteiger partial charge in [-0.25, -0.2) is 4.99 Å². The number of guanidine groups is 1. The lowest BCUT2D eigenvalue weighted by molar-refractivity contribution is -0.00834. The Kier molecular flexibility index (Phi) is 12.1. The summed E-state index contributed by atoms with van der Waals surface area (Å²) in [5.41, 5.74) is 2.64. The Morgan fingerprint density at radius 2 is 1.86 bits per heavy atom. The van der Waals surface area contributed by atoms with E-state index < -0.39 is 0 Å². The first kappa shape index (κ1) is 26.1. The van der Waals surface area contributed by atoms with Gasteiger partial charge < -0.3 is 20.3 Å². The Morgan fingerprint density at radius 3 is 2.52 bits per heavy atom. The predicted octanol–water partition coefficient (Wildman–Crippen LogP) is 2.92. The molecule has 0 aromatic heterocycles. The van der Waals surface area contributed by atoms with E-state index in [1.165, 1.54) is 11.1 Å². The summed E-state index contributed by atoms with van der Waals surface area (Å²) in [5, 5.41) is 6.90. The Balaban J connectivity index is 0.00000420. The summed E-state index contributed by atoms with van der Waals surface area (Å²) in [5.74, 6) is 0.875. The number of halogens is 1. The zero-order valence-electron chi connectivity index (χ0n) is 18.8. The maximum Gasteiger partial charge on any atom is 0.191 e. The highest BCUT2D eigenvalue weighted by Gasteiger charge is 2.28. The first-order valence-corrected chi connectivity index (χ1v) is 10.6. The SMILES string of the molecule is CCNC(=NCc1cccc(CN(C)CC)c1)NCC(C)(C)N1CCOCC1.I. The van der Waals surface area contributed by atoms with Crippen molar-refractivity contribution in [2.45, 2.75) is 46.3 Å². The highest BCUT2D eigenvalue weighted by molar-refractivity contribution is 14.0. The molecule has 2 rings (SSSR count). The van der Waals surface area contributed by atoms with Crippen molar-refractivity contribution in [3.05, 3.63) is 35.4 Å². The number of nitrogens with zero attached hydrogens (tertiary/aromatic N) is 3. The van der Waals surface area contributed by atoms with Crippen molar-refractivity contribution in [3.8, 4) is 0 Å². The third-order valence-corrected chi connectivity index (χ3v) is 5.30. The summed E-state index contributed by atoms with van der Waals surface area (Å²) in [6.07, 6.45) is 0. The van der Waals surface area contributed by atoms with Crippen LogP contribution in [0.2, 0.25) is 0 Å². The summed E-state index contributed by atoms with van der Waals surface area (Å²) in [7, 11) is 2.15. The molecule has 1 aliphatic rings. The normalized spacial score (nSPS) is 15.9. The molecule has 0 aliphatic carbocycles. The fourth-order valence-electron chi connectivity index (χ4n) is 3.34. The van der Waals surface area contributed by atoms with Crippen LogP contribution in [0.5, 0.6) is 0 Å². The topological polar surface area (TPSA) is 52.1 Å². The number of aliphatic imine (C=N–C) groups is 1. The Hall–Kier alpha value is -0.900. The van der Waals surface area contributed by atoms with Crippen molar-refractivity contribution in [2.75, 3.05) is 53.0 Å². The van der Waals surface area contributed by atoms with E-state index in [1.54, 1.807) is 0 Å². The van der Waals surface area contributed by atoms with Gasteiger partial charge in [-0.05, 0) is 45.5 Å². The molecule has 1 heterocycles. The van der Waals surface area contributed by atoms with E-state index in [1.807, 2.05) is 0 Å². The third-order valence-electron chi connectivity index (χ3n) is 5.30. The summed E-state index contributed by atoms with van der Waals surface area (Å²) >= 11 is 0. The molecule has 0 bridgehead atoms. The molecule has 1 fully saturated rings. The van der Waals surface area contributed by atoms with Crippen LogP contribution in [0.1, 0.15) is 38.8 Å². The van der Waals surface area contributed by atoms with Gasteiger partial charge in [0.1, 0.15) is 0 Å². The van der Waals surface area contributed by atoms with Crippen molar-refractivity contribution in [2.24, 2.45) is 4.99 Å². The summed E-state index contributed by atoms with van der Waals surface area (Å²) < 4.78 is 5.49. The first-order valence-electron chi connectivity index (χ1n) is 10.6. The molecule has 0 amide bonds. The highest BCUT2D eigenvalue weighted by Crippen LogP contribution is 2.15. The molecule has 2 N–H and O–H groups in total. The smallest absolute Gasteiger partial charge is 0.191 e. The van der Waals surface area contributed by atoms with Gasteiger partial charge in [-0.15, -0.1) is 24.0 Å². The minimum atomic E-state index is 0. The predicted molar refractivity (Wildman–Crippen MR) is 133 cm³/mol. The van der Waals surface area contributed by atoms with Gasteiger partial charge in [0.05, 0.1) is 19.8 Å². The molecule has 0 radical (unpaired) electrons. The molecular formula is C22H40IN5O. The van der Waals surface area contributed by atoms with E-state index in [0.29, 0.717) is 6.54 Å². The van der Waals surface area contributed by atoms with E-state index in [2.05, 4.69) is 79.4 Å². The first-order chi connectivity index (χ1) is 13.4. The van der Waals surface area contributed by atoms with Gasteiger partial charge in [-0.1, -0.05) is 31.2 Å². The second-order valence-corrected chi connectivity index (χ2v) is 8.11. The van der Waals surface area contributed by atoms with Crippen LogP contribution in [0.15, 0.2) is 29.3 Å². The average molecular weight is 518 g/mol. The fraction of sp³-hybridized carbons (Fsp3) is 0.682. The van der Waals surface area contributed by atoms with Crippen LogP contribution in [0, 0.1) is 0 Å². The number of hydrogen-bond acceptors (Lipinski definition) is 4. The van der Waals surface area contributed by atoms with Crippen LogP contribution in [-0.4, -0.2) is 74.3 Å². The molecule has 1 aromatic rings. The van der Waals surface area contributed by atoms with Gasteiger partial charge in [0, 0.05) is 38.3 Å². The van der Waals surface area contributed by atoms with Crippen LogP contribution in [0.3, 0.4) is 0 Å². The molecule has 0 saturated carbocycles. The van der Waals surface area contributed by atoms with Gasteiger partial charge in [0.25, 0.3) is 0 Å². The number of ether oxygens (including phenoxy) is 1. The quantitative estimate of drug-likeness (QED) is 0.300. The Labute approximate surface area is 194 Å². The van der Waals surface area contributed by atoms with E-state index >= 15 is 0 Å². The van der Waals surface area contributed by atoms with Gasteiger partial charge in [-0.3, -0.25) is 4.90 Å². The molecule has 29 heavy (non-hydrogen) atoms. The number of nitrogens with one attached hydrogen (secondary N) is 2. The molecule has 1 aromatic carbocycles. The zero-order chi connectivity index (χ0) is 20.4. The van der Waals surface area contributed by atoms with Crippen molar-refractivity contribution in [3.63, 3.8) is 0 Å². The molecule has 7 heteroatoms. The highest BCUT2D eigenvalue weighted by atomic mass is 127. The van der Waals surface area contributed by atoms with E-state index in [0.717, 1.165) is 58.4 Å². The maximum atomic E-state index is 5.49. The second-order valence-electron chi connectivity index (χ2n) is 8.11. The monoisotopic (exact) mass is 517 g/mol. The molecule has 6 nitrogen and oxygen atoms in total. The summed E-state index contributed by atoms with van der Waals surface area (Å²) in [4.78, 5) is 9.60. The van der Waals surface area contributed by atoms with E-state index in [4.69, 9.17) is 9.73 Å². The average Bonchev–Trinajstić information content (AvgIpc) is 2.71. The fourth-order valence-corrected chi connectivity index (χ4v) is 3.34. The van der Waals surface area contributed by atoms with E-state index in [9.17, 15) is 0 Å². The van der Waals surface area contributed by atoms with Crippen molar-refractivity contribution in [1.82, 2.24) is 20.4 Å². The molecule has 0 atom stereocenters. The van der Waals surface area contributed by atoms with Crippen LogP contribution < -0.4 is 10.6 Å². The largest absolute Gasteiger partial charge is 0.379 e. The number of benzene rings is 1. The number of morpholine rings is 1. The van der Waals surface area contributed by atoms with Crippen molar-refractivity contribution >= 4 is 29.9 Å². The van der Waals surface area contributed by atoms with Crippen LogP contribution in [-0.2, 0) is 17.8 Å². The Morgan fingerprint density at radius 1 is 1.17 bits per heavy atom. The standard InChI is InChI=1S/C22H39N5O.HI/c1-6-23-21(25-18-22(3,4)27-11-13-28-14-12-27)24-16-19-9-8-10-20(15-19)17-26(5)7-2;/h8-10,15H,6-7,11-14,16-18H2,1-5H3,(H2,23,24,25);1H.